The van der Waals surface area contributed by atoms with Crippen molar-refractivity contribution >= 4 is 0 Å². The fourth-order valence-electron chi connectivity index (χ4n) is 3.20. The number of fused-ring (bicyclic) bond motifs is 2. The van der Waals surface area contributed by atoms with E-state index in [-0.39, 0.29) is 0 Å². The molecule has 0 amide bonds. The number of rotatable bonds is 4. The number of unbranched alkanes of at least 4 members (excludes halogenated alkanes) is 1. The van der Waals surface area contributed by atoms with Gasteiger partial charge in [-0.2, -0.15) is 0 Å². The summed E-state index contributed by atoms with van der Waals surface area (Å²) in [6.45, 7) is 4.76. The molecule has 74 valence electrons. The number of allylic oxidation sites excluding steroid dienone is 2. The van der Waals surface area contributed by atoms with Gasteiger partial charge in [-0.3, -0.25) is 0 Å². The van der Waals surface area contributed by atoms with Crippen molar-refractivity contribution in [1.29, 1.82) is 0 Å². The second-order valence-corrected chi connectivity index (χ2v) is 5.14. The van der Waals surface area contributed by atoms with Crippen LogP contribution in [-0.4, -0.2) is 0 Å². The first-order valence-corrected chi connectivity index (χ1v) is 5.96. The van der Waals surface area contributed by atoms with Gasteiger partial charge in [-0.25, -0.2) is 0 Å². The summed E-state index contributed by atoms with van der Waals surface area (Å²) in [7, 11) is 0. The molecule has 2 bridgehead atoms. The highest BCUT2D eigenvalue weighted by atomic mass is 14.5. The Balaban J connectivity index is 1.95. The van der Waals surface area contributed by atoms with Crippen molar-refractivity contribution in [3.8, 4) is 0 Å². The van der Waals surface area contributed by atoms with Gasteiger partial charge in [0, 0.05) is 0 Å². The van der Waals surface area contributed by atoms with Crippen LogP contribution in [0, 0.1) is 17.3 Å². The average Bonchev–Trinajstić information content (AvgIpc) is 2.74. The monoisotopic (exact) mass is 178 g/mol. The van der Waals surface area contributed by atoms with E-state index in [0.717, 1.165) is 11.8 Å². The van der Waals surface area contributed by atoms with Crippen LogP contribution in [0.15, 0.2) is 12.2 Å². The van der Waals surface area contributed by atoms with Crippen molar-refractivity contribution in [2.75, 3.05) is 0 Å². The summed E-state index contributed by atoms with van der Waals surface area (Å²) in [6, 6.07) is 0. The summed E-state index contributed by atoms with van der Waals surface area (Å²) in [4.78, 5) is 0. The zero-order valence-corrected chi connectivity index (χ0v) is 9.05. The van der Waals surface area contributed by atoms with E-state index < -0.39 is 0 Å². The molecule has 2 rings (SSSR count). The van der Waals surface area contributed by atoms with Crippen LogP contribution in [0.1, 0.15) is 52.4 Å². The number of hydrogen-bond donors (Lipinski definition) is 0. The Bertz CT molecular complexity index is 204. The van der Waals surface area contributed by atoms with Gasteiger partial charge in [0.1, 0.15) is 0 Å². The van der Waals surface area contributed by atoms with Crippen LogP contribution in [-0.2, 0) is 0 Å². The largest absolute Gasteiger partial charge is 0.0848 e. The minimum atomic E-state index is 0.639. The SMILES string of the molecule is CCCCC(C)C12C=CC(CC1)C2. The second-order valence-electron chi connectivity index (χ2n) is 5.14. The molecule has 2 aliphatic carbocycles. The van der Waals surface area contributed by atoms with Gasteiger partial charge in [0.15, 0.2) is 0 Å². The van der Waals surface area contributed by atoms with Crippen molar-refractivity contribution < 1.29 is 0 Å². The van der Waals surface area contributed by atoms with Crippen molar-refractivity contribution in [1.82, 2.24) is 0 Å². The predicted octanol–water partition coefficient (Wildman–Crippen LogP) is 4.17. The van der Waals surface area contributed by atoms with Crippen molar-refractivity contribution in [2.45, 2.75) is 52.4 Å². The van der Waals surface area contributed by atoms with E-state index in [4.69, 9.17) is 0 Å². The molecular formula is C13H22. The highest BCUT2D eigenvalue weighted by Crippen LogP contribution is 2.54. The average molecular weight is 178 g/mol. The normalized spacial score (nSPS) is 38.5. The first-order valence-electron chi connectivity index (χ1n) is 5.96. The molecule has 0 spiro atoms. The van der Waals surface area contributed by atoms with Crippen molar-refractivity contribution in [3.63, 3.8) is 0 Å². The van der Waals surface area contributed by atoms with Gasteiger partial charge in [-0.15, -0.1) is 0 Å². The molecule has 0 aliphatic heterocycles. The smallest absolute Gasteiger partial charge is 0.00867 e. The molecule has 0 saturated heterocycles. The topological polar surface area (TPSA) is 0 Å². The molecule has 0 N–H and O–H groups in total. The molecule has 0 aromatic carbocycles. The summed E-state index contributed by atoms with van der Waals surface area (Å²) in [5.41, 5.74) is 0.639. The molecular weight excluding hydrogens is 156 g/mol. The van der Waals surface area contributed by atoms with Crippen molar-refractivity contribution in [3.05, 3.63) is 12.2 Å². The standard InChI is InChI=1S/C13H22/c1-3-4-5-11(2)13-8-6-12(10-13)7-9-13/h6,8,11-12H,3-5,7,9-10H2,1-2H3. The van der Waals surface area contributed by atoms with Gasteiger partial charge in [0.25, 0.3) is 0 Å². The quantitative estimate of drug-likeness (QED) is 0.567. The van der Waals surface area contributed by atoms with Gasteiger partial charge in [-0.05, 0) is 42.9 Å². The second kappa shape index (κ2) is 3.48. The van der Waals surface area contributed by atoms with E-state index in [0.29, 0.717) is 5.41 Å². The molecule has 0 nitrogen and oxygen atoms in total. The van der Waals surface area contributed by atoms with E-state index in [1.807, 2.05) is 0 Å². The van der Waals surface area contributed by atoms with Gasteiger partial charge in [0.05, 0.1) is 0 Å². The molecule has 3 atom stereocenters. The number of hydrogen-bond acceptors (Lipinski definition) is 0. The third-order valence-corrected chi connectivity index (χ3v) is 4.30. The molecule has 1 saturated carbocycles. The molecule has 0 heteroatoms. The van der Waals surface area contributed by atoms with Gasteiger partial charge in [-0.1, -0.05) is 38.8 Å². The van der Waals surface area contributed by atoms with E-state index in [1.54, 1.807) is 0 Å². The van der Waals surface area contributed by atoms with Crippen LogP contribution in [0.3, 0.4) is 0 Å². The highest BCUT2D eigenvalue weighted by molar-refractivity contribution is 5.16. The lowest BCUT2D eigenvalue weighted by Gasteiger charge is -2.31. The lowest BCUT2D eigenvalue weighted by Crippen LogP contribution is -2.21. The maximum absolute atomic E-state index is 2.54. The molecule has 0 aromatic heterocycles. The summed E-state index contributed by atoms with van der Waals surface area (Å²) < 4.78 is 0. The van der Waals surface area contributed by atoms with Crippen LogP contribution in [0.4, 0.5) is 0 Å². The van der Waals surface area contributed by atoms with Gasteiger partial charge in [0.2, 0.25) is 0 Å². The lowest BCUT2D eigenvalue weighted by atomic mass is 9.74. The predicted molar refractivity (Wildman–Crippen MR) is 57.6 cm³/mol. The Hall–Kier alpha value is -0.260. The third kappa shape index (κ3) is 1.56. The zero-order chi connectivity index (χ0) is 9.31. The van der Waals surface area contributed by atoms with E-state index in [1.165, 1.54) is 38.5 Å². The highest BCUT2D eigenvalue weighted by Gasteiger charge is 2.43. The summed E-state index contributed by atoms with van der Waals surface area (Å²) in [5, 5.41) is 0. The first kappa shape index (κ1) is 9.30. The molecule has 13 heavy (non-hydrogen) atoms. The molecule has 1 fully saturated rings. The lowest BCUT2D eigenvalue weighted by molar-refractivity contribution is 0.240. The fraction of sp³-hybridized carbons (Fsp3) is 0.846. The van der Waals surface area contributed by atoms with Gasteiger partial charge < -0.3 is 0 Å². The van der Waals surface area contributed by atoms with E-state index >= 15 is 0 Å². The molecule has 0 heterocycles. The minimum absolute atomic E-state index is 0.639. The Morgan fingerprint density at radius 3 is 2.85 bits per heavy atom. The van der Waals surface area contributed by atoms with E-state index in [9.17, 15) is 0 Å². The van der Waals surface area contributed by atoms with Crippen molar-refractivity contribution in [2.24, 2.45) is 17.3 Å². The van der Waals surface area contributed by atoms with Crippen LogP contribution in [0.2, 0.25) is 0 Å². The third-order valence-electron chi connectivity index (χ3n) is 4.30. The fourth-order valence-corrected chi connectivity index (χ4v) is 3.20. The van der Waals surface area contributed by atoms with Gasteiger partial charge >= 0.3 is 0 Å². The molecule has 0 aromatic rings. The first-order chi connectivity index (χ1) is 6.27. The minimum Gasteiger partial charge on any atom is -0.0848 e. The Morgan fingerprint density at radius 2 is 2.38 bits per heavy atom. The Labute approximate surface area is 82.4 Å². The van der Waals surface area contributed by atoms with Crippen LogP contribution in [0.5, 0.6) is 0 Å². The summed E-state index contributed by atoms with van der Waals surface area (Å²) >= 11 is 0. The zero-order valence-electron chi connectivity index (χ0n) is 9.05. The summed E-state index contributed by atoms with van der Waals surface area (Å²) in [5.74, 6) is 1.88. The Morgan fingerprint density at radius 1 is 1.54 bits per heavy atom. The van der Waals surface area contributed by atoms with Crippen LogP contribution < -0.4 is 0 Å². The molecule has 0 radical (unpaired) electrons. The summed E-state index contributed by atoms with van der Waals surface area (Å²) in [6.07, 6.45) is 13.6. The van der Waals surface area contributed by atoms with Crippen LogP contribution >= 0.6 is 0 Å². The Kier molecular flexibility index (Phi) is 2.49. The molecule has 2 aliphatic rings. The maximum atomic E-state index is 2.54. The maximum Gasteiger partial charge on any atom is -0.00867 e. The molecule has 3 unspecified atom stereocenters. The van der Waals surface area contributed by atoms with E-state index in [2.05, 4.69) is 26.0 Å². The van der Waals surface area contributed by atoms with Crippen LogP contribution in [0.25, 0.3) is 0 Å².